The summed E-state index contributed by atoms with van der Waals surface area (Å²) < 4.78 is 12.0. The van der Waals surface area contributed by atoms with Crippen LogP contribution in [0, 0.1) is 0 Å². The molecule has 29 heavy (non-hydrogen) atoms. The normalized spacial score (nSPS) is 20.3. The van der Waals surface area contributed by atoms with Crippen LogP contribution in [0.4, 0.5) is 0 Å². The van der Waals surface area contributed by atoms with E-state index in [2.05, 4.69) is 5.32 Å². The minimum Gasteiger partial charge on any atom is -0.489 e. The Morgan fingerprint density at radius 1 is 1.10 bits per heavy atom. The van der Waals surface area contributed by atoms with Crippen molar-refractivity contribution in [2.75, 3.05) is 24.6 Å². The van der Waals surface area contributed by atoms with E-state index in [1.54, 1.807) is 6.07 Å². The molecule has 3 aliphatic heterocycles. The molecule has 150 valence electrons. The number of para-hydroxylation sites is 1. The standard InChI is InChI=1S/C22H22N2O4S/c25-20-18-3-1-2-4-19(18)28-22(23-20)9-11-24(12-10-22)21(26)15-5-7-16(8-6-15)27-17-13-29-14-17/h1-8,17H,9-14H2,(H,23,25). The van der Waals surface area contributed by atoms with Crippen molar-refractivity contribution in [3.8, 4) is 11.5 Å². The largest absolute Gasteiger partial charge is 0.489 e. The van der Waals surface area contributed by atoms with Crippen LogP contribution in [0.2, 0.25) is 0 Å². The molecule has 2 saturated heterocycles. The lowest BCUT2D eigenvalue weighted by Gasteiger charge is -2.44. The molecular formula is C22H22N2O4S. The average molecular weight is 410 g/mol. The molecule has 0 bridgehead atoms. The van der Waals surface area contributed by atoms with Gasteiger partial charge in [-0.1, -0.05) is 12.1 Å². The molecule has 1 spiro atoms. The lowest BCUT2D eigenvalue weighted by atomic mass is 9.96. The number of carbonyl (C=O) groups excluding carboxylic acids is 2. The Balaban J connectivity index is 1.22. The molecular weight excluding hydrogens is 388 g/mol. The third-order valence-corrected chi connectivity index (χ3v) is 6.86. The third-order valence-electron chi connectivity index (χ3n) is 5.65. The van der Waals surface area contributed by atoms with Crippen LogP contribution in [-0.4, -0.2) is 53.1 Å². The molecule has 2 fully saturated rings. The molecule has 0 saturated carbocycles. The predicted octanol–water partition coefficient (Wildman–Crippen LogP) is 2.94. The highest BCUT2D eigenvalue weighted by Gasteiger charge is 2.43. The number of piperidine rings is 1. The maximum absolute atomic E-state index is 12.9. The van der Waals surface area contributed by atoms with Crippen LogP contribution < -0.4 is 14.8 Å². The second-order valence-electron chi connectivity index (χ2n) is 7.64. The smallest absolute Gasteiger partial charge is 0.258 e. The number of nitrogens with zero attached hydrogens (tertiary/aromatic N) is 1. The number of benzene rings is 2. The van der Waals surface area contributed by atoms with Gasteiger partial charge in [0.1, 0.15) is 17.6 Å². The summed E-state index contributed by atoms with van der Waals surface area (Å²) in [4.78, 5) is 27.2. The number of hydrogen-bond donors (Lipinski definition) is 1. The first kappa shape index (κ1) is 18.4. The topological polar surface area (TPSA) is 67.9 Å². The summed E-state index contributed by atoms with van der Waals surface area (Å²) in [5.41, 5.74) is 0.468. The molecule has 0 radical (unpaired) electrons. The van der Waals surface area contributed by atoms with E-state index in [0.29, 0.717) is 42.8 Å². The predicted molar refractivity (Wildman–Crippen MR) is 111 cm³/mol. The van der Waals surface area contributed by atoms with Crippen molar-refractivity contribution >= 4 is 23.6 Å². The fourth-order valence-corrected chi connectivity index (χ4v) is 4.45. The van der Waals surface area contributed by atoms with E-state index in [-0.39, 0.29) is 17.9 Å². The quantitative estimate of drug-likeness (QED) is 0.843. The summed E-state index contributed by atoms with van der Waals surface area (Å²) in [5.74, 6) is 3.34. The number of ether oxygens (including phenoxy) is 2. The van der Waals surface area contributed by atoms with Crippen molar-refractivity contribution in [1.82, 2.24) is 10.2 Å². The minimum atomic E-state index is -0.735. The number of amides is 2. The van der Waals surface area contributed by atoms with E-state index < -0.39 is 5.72 Å². The average Bonchev–Trinajstić information content (AvgIpc) is 2.71. The van der Waals surface area contributed by atoms with Gasteiger partial charge in [-0.05, 0) is 36.4 Å². The van der Waals surface area contributed by atoms with Gasteiger partial charge in [-0.15, -0.1) is 0 Å². The fourth-order valence-electron chi connectivity index (χ4n) is 3.88. The van der Waals surface area contributed by atoms with Crippen LogP contribution in [0.1, 0.15) is 33.6 Å². The zero-order valence-corrected chi connectivity index (χ0v) is 16.7. The molecule has 1 N–H and O–H groups in total. The lowest BCUT2D eigenvalue weighted by Crippen LogP contribution is -2.61. The second kappa shape index (κ2) is 7.30. The zero-order valence-electron chi connectivity index (χ0n) is 15.9. The van der Waals surface area contributed by atoms with E-state index in [1.807, 2.05) is 59.1 Å². The van der Waals surface area contributed by atoms with Gasteiger partial charge in [0.25, 0.3) is 11.8 Å². The first-order chi connectivity index (χ1) is 14.1. The molecule has 7 heteroatoms. The first-order valence-corrected chi connectivity index (χ1v) is 11.0. The Morgan fingerprint density at radius 3 is 2.52 bits per heavy atom. The number of likely N-dealkylation sites (tertiary alicyclic amines) is 1. The van der Waals surface area contributed by atoms with Gasteiger partial charge in [-0.2, -0.15) is 11.8 Å². The number of hydrogen-bond acceptors (Lipinski definition) is 5. The van der Waals surface area contributed by atoms with Gasteiger partial charge in [0.15, 0.2) is 5.72 Å². The maximum Gasteiger partial charge on any atom is 0.258 e. The Kier molecular flexibility index (Phi) is 4.62. The van der Waals surface area contributed by atoms with E-state index in [9.17, 15) is 9.59 Å². The molecule has 0 aliphatic carbocycles. The Hall–Kier alpha value is -2.67. The van der Waals surface area contributed by atoms with Gasteiger partial charge in [0.2, 0.25) is 0 Å². The molecule has 2 amide bonds. The van der Waals surface area contributed by atoms with Crippen molar-refractivity contribution in [3.05, 3.63) is 59.7 Å². The van der Waals surface area contributed by atoms with E-state index in [0.717, 1.165) is 17.3 Å². The van der Waals surface area contributed by atoms with Crippen molar-refractivity contribution in [2.45, 2.75) is 24.7 Å². The van der Waals surface area contributed by atoms with Crippen LogP contribution in [0.3, 0.4) is 0 Å². The molecule has 0 aromatic heterocycles. The maximum atomic E-state index is 12.9. The Morgan fingerprint density at radius 2 is 1.83 bits per heavy atom. The van der Waals surface area contributed by atoms with E-state index >= 15 is 0 Å². The van der Waals surface area contributed by atoms with Gasteiger partial charge in [-0.25, -0.2) is 0 Å². The highest BCUT2D eigenvalue weighted by molar-refractivity contribution is 8.00. The highest BCUT2D eigenvalue weighted by Crippen LogP contribution is 2.33. The van der Waals surface area contributed by atoms with E-state index in [4.69, 9.17) is 9.47 Å². The SMILES string of the molecule is O=C1NC2(CCN(C(=O)c3ccc(OC4CSC4)cc3)CC2)Oc2ccccc21. The van der Waals surface area contributed by atoms with Gasteiger partial charge in [0.05, 0.1) is 5.56 Å². The molecule has 0 unspecified atom stereocenters. The number of fused-ring (bicyclic) bond motifs is 1. The fraction of sp³-hybridized carbons (Fsp3) is 0.364. The van der Waals surface area contributed by atoms with Crippen molar-refractivity contribution in [1.29, 1.82) is 0 Å². The third kappa shape index (κ3) is 3.55. The summed E-state index contributed by atoms with van der Waals surface area (Å²) in [7, 11) is 0. The minimum absolute atomic E-state index is 0.00636. The molecule has 2 aromatic carbocycles. The van der Waals surface area contributed by atoms with Gasteiger partial charge in [0, 0.05) is 43.0 Å². The number of thioether (sulfide) groups is 1. The van der Waals surface area contributed by atoms with Gasteiger partial charge < -0.3 is 19.7 Å². The number of carbonyl (C=O) groups is 2. The van der Waals surface area contributed by atoms with Crippen LogP contribution in [0.25, 0.3) is 0 Å². The Bertz CT molecular complexity index is 934. The first-order valence-electron chi connectivity index (χ1n) is 9.86. The molecule has 3 aliphatic rings. The lowest BCUT2D eigenvalue weighted by molar-refractivity contribution is -0.0245. The van der Waals surface area contributed by atoms with Crippen LogP contribution >= 0.6 is 11.8 Å². The van der Waals surface area contributed by atoms with Crippen molar-refractivity contribution in [3.63, 3.8) is 0 Å². The van der Waals surface area contributed by atoms with E-state index in [1.165, 1.54) is 0 Å². The second-order valence-corrected chi connectivity index (χ2v) is 8.72. The summed E-state index contributed by atoms with van der Waals surface area (Å²) in [5, 5.41) is 3.01. The summed E-state index contributed by atoms with van der Waals surface area (Å²) in [6, 6.07) is 14.6. The van der Waals surface area contributed by atoms with Crippen molar-refractivity contribution < 1.29 is 19.1 Å². The summed E-state index contributed by atoms with van der Waals surface area (Å²) in [6.45, 7) is 1.05. The Labute approximate surface area is 173 Å². The van der Waals surface area contributed by atoms with Gasteiger partial charge in [-0.3, -0.25) is 9.59 Å². The number of rotatable bonds is 3. The molecule has 0 atom stereocenters. The molecule has 3 heterocycles. The summed E-state index contributed by atoms with van der Waals surface area (Å²) >= 11 is 1.87. The number of nitrogens with one attached hydrogen (secondary N) is 1. The molecule has 6 nitrogen and oxygen atoms in total. The van der Waals surface area contributed by atoms with Gasteiger partial charge >= 0.3 is 0 Å². The monoisotopic (exact) mass is 410 g/mol. The molecule has 2 aromatic rings. The zero-order chi connectivity index (χ0) is 19.8. The van der Waals surface area contributed by atoms with Crippen molar-refractivity contribution in [2.24, 2.45) is 0 Å². The highest BCUT2D eigenvalue weighted by atomic mass is 32.2. The molecule has 5 rings (SSSR count). The van der Waals surface area contributed by atoms with Crippen LogP contribution in [0.5, 0.6) is 11.5 Å². The van der Waals surface area contributed by atoms with Crippen LogP contribution in [0.15, 0.2) is 48.5 Å². The van der Waals surface area contributed by atoms with Crippen LogP contribution in [-0.2, 0) is 0 Å². The summed E-state index contributed by atoms with van der Waals surface area (Å²) in [6.07, 6.45) is 1.40.